The molecule has 0 saturated heterocycles. The molecule has 2 aromatic rings. The maximum Gasteiger partial charge on any atom is 0.248 e. The average molecular weight is 573 g/mol. The van der Waals surface area contributed by atoms with Gasteiger partial charge >= 0.3 is 0 Å². The second-order valence-electron chi connectivity index (χ2n) is 8.48. The Balaban J connectivity index is 0.000000425. The van der Waals surface area contributed by atoms with Crippen molar-refractivity contribution in [2.45, 2.75) is 39.5 Å². The maximum atomic E-state index is 13.7. The lowest BCUT2D eigenvalue weighted by atomic mass is 9.86. The van der Waals surface area contributed by atoms with Gasteiger partial charge in [0.25, 0.3) is 0 Å². The molecular weight excluding hydrogens is 535 g/mol. The van der Waals surface area contributed by atoms with Gasteiger partial charge in [-0.2, -0.15) is 0 Å². The molecule has 216 valence electrons. The van der Waals surface area contributed by atoms with E-state index in [-0.39, 0.29) is 29.8 Å². The van der Waals surface area contributed by atoms with E-state index in [4.69, 9.17) is 26.6 Å². The van der Waals surface area contributed by atoms with Gasteiger partial charge in [-0.25, -0.2) is 9.37 Å². The Bertz CT molecular complexity index is 1240. The van der Waals surface area contributed by atoms with E-state index in [1.807, 2.05) is 33.9 Å². The van der Waals surface area contributed by atoms with E-state index < -0.39 is 5.41 Å². The van der Waals surface area contributed by atoms with Crippen LogP contribution >= 0.6 is 11.6 Å². The van der Waals surface area contributed by atoms with E-state index in [2.05, 4.69) is 15.5 Å². The summed E-state index contributed by atoms with van der Waals surface area (Å²) in [6, 6.07) is 10.1. The Hall–Kier alpha value is -3.66. The number of aliphatic hydroxyl groups excluding tert-OH is 1. The molecule has 1 aliphatic carbocycles. The zero-order chi connectivity index (χ0) is 30.1. The van der Waals surface area contributed by atoms with Crippen LogP contribution in [0.2, 0.25) is 0 Å². The van der Waals surface area contributed by atoms with Crippen LogP contribution in [-0.2, 0) is 10.3 Å². The number of pyridine rings is 1. The number of hydrogen-bond donors (Lipinski definition) is 3. The second-order valence-corrected chi connectivity index (χ2v) is 8.89. The van der Waals surface area contributed by atoms with Crippen LogP contribution in [0.3, 0.4) is 0 Å². The molecule has 1 atom stereocenters. The van der Waals surface area contributed by atoms with Gasteiger partial charge in [0.1, 0.15) is 23.6 Å². The van der Waals surface area contributed by atoms with Gasteiger partial charge in [-0.3, -0.25) is 10.2 Å². The molecule has 10 heteroatoms. The summed E-state index contributed by atoms with van der Waals surface area (Å²) < 4.78 is 19.1. The molecule has 1 aliphatic rings. The molecule has 1 aromatic carbocycles. The normalized spacial score (nSPS) is 14.1. The number of rotatable bonds is 9. The number of halogens is 2. The summed E-state index contributed by atoms with van der Waals surface area (Å²) in [6.45, 7) is 8.12. The molecule has 3 N–H and O–H groups in total. The topological polar surface area (TPSA) is 117 Å². The highest BCUT2D eigenvalue weighted by Crippen LogP contribution is 2.33. The number of carbonyl (C=O) groups excluding carboxylic acids is 1. The standard InChI is InChI=1S/C18H22ClFN2O2.C10H10N2O2.C2H6/c1-18(11-23,10-21-2)16-8-7-15(24-3)17(22-16)12-5-4-6-14(20)13(19)9-12;1-2-12-14-10(11)9-5-3-8(7-13)4-6-9;1-2/h4-5,7-9,21,23H,6,10-11H2,1-3H3;2-7,11H,1H3;1-2H3/b;11-10?,12-2+;. The van der Waals surface area contributed by atoms with Crippen LogP contribution in [0.15, 0.2) is 70.6 Å². The summed E-state index contributed by atoms with van der Waals surface area (Å²) in [4.78, 5) is 19.7. The van der Waals surface area contributed by atoms with Crippen LogP contribution in [0.1, 0.15) is 61.4 Å². The molecule has 40 heavy (non-hydrogen) atoms. The molecule has 0 amide bonds. The van der Waals surface area contributed by atoms with Crippen molar-refractivity contribution < 1.29 is 23.9 Å². The van der Waals surface area contributed by atoms with Gasteiger partial charge in [-0.1, -0.05) is 61.8 Å². The van der Waals surface area contributed by atoms with Crippen molar-refractivity contribution in [1.29, 1.82) is 5.41 Å². The van der Waals surface area contributed by atoms with Gasteiger partial charge in [-0.15, -0.1) is 0 Å². The van der Waals surface area contributed by atoms with Crippen molar-refractivity contribution >= 4 is 35.6 Å². The fourth-order valence-electron chi connectivity index (χ4n) is 3.44. The number of likely N-dealkylation sites (N-methyl/N-ethyl adjacent to an activating group) is 1. The van der Waals surface area contributed by atoms with E-state index in [9.17, 15) is 14.3 Å². The highest BCUT2D eigenvalue weighted by Gasteiger charge is 2.28. The van der Waals surface area contributed by atoms with E-state index in [1.165, 1.54) is 6.21 Å². The Labute approximate surface area is 240 Å². The van der Waals surface area contributed by atoms with Gasteiger partial charge < -0.3 is 20.0 Å². The molecule has 1 unspecified atom stereocenters. The number of methoxy groups -OCH3 is 1. The highest BCUT2D eigenvalue weighted by atomic mass is 35.5. The van der Waals surface area contributed by atoms with Crippen molar-refractivity contribution in [3.8, 4) is 5.75 Å². The maximum absolute atomic E-state index is 13.7. The number of aliphatic hydroxyl groups is 1. The summed E-state index contributed by atoms with van der Waals surface area (Å²) in [5, 5.41) is 23.8. The third-order valence-electron chi connectivity index (χ3n) is 5.58. The van der Waals surface area contributed by atoms with Crippen molar-refractivity contribution in [1.82, 2.24) is 10.3 Å². The molecule has 1 heterocycles. The Morgan fingerprint density at radius 3 is 2.50 bits per heavy atom. The van der Waals surface area contributed by atoms with E-state index in [1.54, 1.807) is 62.6 Å². The number of nitrogens with zero attached hydrogens (tertiary/aromatic N) is 2. The Kier molecular flexibility index (Phi) is 15.3. The van der Waals surface area contributed by atoms with Crippen LogP contribution in [0, 0.1) is 5.41 Å². The number of aromatic nitrogens is 1. The molecule has 3 rings (SSSR count). The molecular formula is C30H38ClFN4O4. The fraction of sp³-hybridized carbons (Fsp3) is 0.333. The SMILES string of the molecule is C/C=N/OC(=N)c1ccc(C=O)cc1.CC.CNCC(C)(CO)c1ccc(OC)c(C2=CC(Cl)=C(F)CC=C2)n1. The quantitative estimate of drug-likeness (QED) is 0.143. The van der Waals surface area contributed by atoms with Crippen LogP contribution in [0.4, 0.5) is 4.39 Å². The van der Waals surface area contributed by atoms with Crippen LogP contribution < -0.4 is 10.1 Å². The first-order chi connectivity index (χ1) is 19.2. The summed E-state index contributed by atoms with van der Waals surface area (Å²) >= 11 is 5.99. The van der Waals surface area contributed by atoms with Crippen molar-refractivity contribution in [3.05, 3.63) is 88.0 Å². The second kappa shape index (κ2) is 17.8. The minimum Gasteiger partial charge on any atom is -0.494 e. The predicted molar refractivity (Wildman–Crippen MR) is 160 cm³/mol. The van der Waals surface area contributed by atoms with E-state index >= 15 is 0 Å². The highest BCUT2D eigenvalue weighted by molar-refractivity contribution is 6.32. The van der Waals surface area contributed by atoms with Gasteiger partial charge in [0.15, 0.2) is 0 Å². The number of benzene rings is 1. The first-order valence-corrected chi connectivity index (χ1v) is 13.1. The predicted octanol–water partition coefficient (Wildman–Crippen LogP) is 6.20. The number of oxime groups is 1. The summed E-state index contributed by atoms with van der Waals surface area (Å²) in [5.74, 6) is 0.139. The summed E-state index contributed by atoms with van der Waals surface area (Å²) in [6.07, 6.45) is 7.37. The average Bonchev–Trinajstić information content (AvgIpc) is 3.16. The van der Waals surface area contributed by atoms with Crippen molar-refractivity contribution in [2.75, 3.05) is 27.3 Å². The molecule has 8 nitrogen and oxygen atoms in total. The molecule has 0 aliphatic heterocycles. The molecule has 0 radical (unpaired) electrons. The number of hydrogen-bond acceptors (Lipinski definition) is 8. The lowest BCUT2D eigenvalue weighted by Crippen LogP contribution is -2.38. The number of nitrogens with one attached hydrogen (secondary N) is 2. The zero-order valence-electron chi connectivity index (χ0n) is 23.8. The molecule has 0 bridgehead atoms. The van der Waals surface area contributed by atoms with E-state index in [0.717, 1.165) is 6.29 Å². The molecule has 1 aromatic heterocycles. The first-order valence-electron chi connectivity index (χ1n) is 12.8. The lowest BCUT2D eigenvalue weighted by Gasteiger charge is -2.27. The number of ether oxygens (including phenoxy) is 1. The van der Waals surface area contributed by atoms with Crippen LogP contribution in [0.25, 0.3) is 5.57 Å². The van der Waals surface area contributed by atoms with Crippen LogP contribution in [-0.4, -0.2) is 55.8 Å². The number of carbonyl (C=O) groups is 1. The smallest absolute Gasteiger partial charge is 0.248 e. The number of allylic oxidation sites excluding steroid dienone is 6. The summed E-state index contributed by atoms with van der Waals surface area (Å²) in [5.41, 5.74) is 2.55. The number of aldehydes is 1. The fourth-order valence-corrected chi connectivity index (χ4v) is 3.63. The zero-order valence-corrected chi connectivity index (χ0v) is 24.6. The van der Waals surface area contributed by atoms with Gasteiger partial charge in [0.2, 0.25) is 5.90 Å². The Morgan fingerprint density at radius 1 is 1.27 bits per heavy atom. The Morgan fingerprint density at radius 2 is 1.95 bits per heavy atom. The third-order valence-corrected chi connectivity index (χ3v) is 5.89. The van der Waals surface area contributed by atoms with Crippen molar-refractivity contribution in [2.24, 2.45) is 5.16 Å². The van der Waals surface area contributed by atoms with Gasteiger partial charge in [-0.05, 0) is 44.3 Å². The van der Waals surface area contributed by atoms with Crippen molar-refractivity contribution in [3.63, 3.8) is 0 Å². The lowest BCUT2D eigenvalue weighted by molar-refractivity contribution is 0.112. The van der Waals surface area contributed by atoms with Crippen LogP contribution in [0.5, 0.6) is 5.75 Å². The summed E-state index contributed by atoms with van der Waals surface area (Å²) in [7, 11) is 3.38. The monoisotopic (exact) mass is 572 g/mol. The van der Waals surface area contributed by atoms with Gasteiger partial charge in [0, 0.05) is 41.3 Å². The molecule has 0 spiro atoms. The third kappa shape index (κ3) is 9.82. The largest absolute Gasteiger partial charge is 0.494 e. The minimum absolute atomic E-state index is 0.0412. The van der Waals surface area contributed by atoms with Gasteiger partial charge in [0.05, 0.1) is 24.4 Å². The first kappa shape index (κ1) is 34.4. The molecule has 0 saturated carbocycles. The minimum atomic E-state index is -0.546. The van der Waals surface area contributed by atoms with E-state index in [0.29, 0.717) is 40.4 Å². The molecule has 0 fully saturated rings.